The minimum Gasteiger partial charge on any atom is -0.496 e. The van der Waals surface area contributed by atoms with Crippen LogP contribution in [0.4, 0.5) is 0 Å². The van der Waals surface area contributed by atoms with Crippen molar-refractivity contribution in [3.8, 4) is 17.2 Å². The van der Waals surface area contributed by atoms with Crippen molar-refractivity contribution in [2.24, 2.45) is 11.8 Å². The first-order valence-corrected chi connectivity index (χ1v) is 10.9. The molecule has 0 radical (unpaired) electrons. The lowest BCUT2D eigenvalue weighted by Gasteiger charge is -2.39. The lowest BCUT2D eigenvalue weighted by molar-refractivity contribution is -0.139. The van der Waals surface area contributed by atoms with Crippen LogP contribution in [0.5, 0.6) is 17.2 Å². The molecule has 1 aromatic rings. The van der Waals surface area contributed by atoms with Gasteiger partial charge in [0.15, 0.2) is 0 Å². The highest BCUT2D eigenvalue weighted by Crippen LogP contribution is 2.41. The van der Waals surface area contributed by atoms with Crippen LogP contribution in [0, 0.1) is 11.8 Å². The Labute approximate surface area is 180 Å². The molecule has 3 atom stereocenters. The zero-order valence-corrected chi connectivity index (χ0v) is 19.2. The van der Waals surface area contributed by atoms with E-state index in [0.29, 0.717) is 17.6 Å². The largest absolute Gasteiger partial charge is 0.496 e. The molecular weight excluding hydrogens is 380 g/mol. The molecule has 2 aliphatic heterocycles. The minimum absolute atomic E-state index is 0.111. The fourth-order valence-corrected chi connectivity index (χ4v) is 4.85. The number of carbonyl (C=O) groups is 1. The maximum atomic E-state index is 13.1. The molecule has 0 unspecified atom stereocenters. The van der Waals surface area contributed by atoms with E-state index in [0.717, 1.165) is 49.7 Å². The topological polar surface area (TPSA) is 51.2 Å². The van der Waals surface area contributed by atoms with Crippen LogP contribution < -0.4 is 14.2 Å². The van der Waals surface area contributed by atoms with Gasteiger partial charge in [-0.3, -0.25) is 9.69 Å². The van der Waals surface area contributed by atoms with Gasteiger partial charge in [-0.05, 0) is 37.2 Å². The molecule has 0 aromatic heterocycles. The Morgan fingerprint density at radius 1 is 1.03 bits per heavy atom. The molecule has 1 saturated heterocycles. The molecule has 166 valence electrons. The molecule has 30 heavy (non-hydrogen) atoms. The number of amides is 1. The van der Waals surface area contributed by atoms with Crippen LogP contribution in [0.1, 0.15) is 39.2 Å². The van der Waals surface area contributed by atoms with E-state index in [4.69, 9.17) is 14.2 Å². The maximum absolute atomic E-state index is 13.1. The van der Waals surface area contributed by atoms with Gasteiger partial charge in [0, 0.05) is 38.3 Å². The molecule has 3 rings (SSSR count). The molecular formula is C24H36N2O4. The van der Waals surface area contributed by atoms with Crippen molar-refractivity contribution in [3.05, 3.63) is 23.8 Å². The van der Waals surface area contributed by atoms with Crippen molar-refractivity contribution in [2.45, 2.75) is 39.7 Å². The zero-order valence-electron chi connectivity index (χ0n) is 19.2. The Morgan fingerprint density at radius 2 is 1.63 bits per heavy atom. The quantitative estimate of drug-likeness (QED) is 0.708. The van der Waals surface area contributed by atoms with Crippen molar-refractivity contribution in [1.29, 1.82) is 0 Å². The van der Waals surface area contributed by atoms with Gasteiger partial charge >= 0.3 is 0 Å². The molecule has 1 aromatic carbocycles. The number of benzene rings is 1. The smallest absolute Gasteiger partial charge is 0.239 e. The van der Waals surface area contributed by atoms with Gasteiger partial charge in [-0.1, -0.05) is 19.9 Å². The second kappa shape index (κ2) is 9.73. The van der Waals surface area contributed by atoms with E-state index in [-0.39, 0.29) is 11.9 Å². The minimum atomic E-state index is -0.111. The average Bonchev–Trinajstić information content (AvgIpc) is 2.76. The number of hydrogen-bond acceptors (Lipinski definition) is 5. The van der Waals surface area contributed by atoms with Crippen molar-refractivity contribution in [3.63, 3.8) is 0 Å². The summed E-state index contributed by atoms with van der Waals surface area (Å²) in [6.07, 6.45) is 4.24. The number of nitrogens with zero attached hydrogens (tertiary/aromatic N) is 2. The van der Waals surface area contributed by atoms with Gasteiger partial charge in [0.1, 0.15) is 17.2 Å². The summed E-state index contributed by atoms with van der Waals surface area (Å²) >= 11 is 0. The number of likely N-dealkylation sites (tertiary alicyclic amines) is 1. The lowest BCUT2D eigenvalue weighted by atomic mass is 9.91. The third-order valence-electron chi connectivity index (χ3n) is 6.36. The summed E-state index contributed by atoms with van der Waals surface area (Å²) < 4.78 is 16.6. The van der Waals surface area contributed by atoms with Crippen molar-refractivity contribution < 1.29 is 19.0 Å². The third kappa shape index (κ3) is 4.75. The predicted molar refractivity (Wildman–Crippen MR) is 119 cm³/mol. The van der Waals surface area contributed by atoms with Crippen LogP contribution in [0.25, 0.3) is 5.57 Å². The van der Waals surface area contributed by atoms with Gasteiger partial charge in [-0.2, -0.15) is 0 Å². The van der Waals surface area contributed by atoms with E-state index in [2.05, 4.69) is 29.7 Å². The number of rotatable bonds is 6. The molecule has 2 aliphatic rings. The van der Waals surface area contributed by atoms with Crippen LogP contribution in [0.15, 0.2) is 18.2 Å². The van der Waals surface area contributed by atoms with Crippen molar-refractivity contribution in [1.82, 2.24) is 9.80 Å². The first-order chi connectivity index (χ1) is 14.4. The summed E-state index contributed by atoms with van der Waals surface area (Å²) in [6.45, 7) is 9.85. The molecule has 1 fully saturated rings. The Kier molecular flexibility index (Phi) is 7.29. The van der Waals surface area contributed by atoms with Crippen LogP contribution >= 0.6 is 0 Å². The second-order valence-electron chi connectivity index (χ2n) is 8.75. The molecule has 0 spiro atoms. The summed E-state index contributed by atoms with van der Waals surface area (Å²) in [5.74, 6) is 3.60. The molecule has 6 heteroatoms. The summed E-state index contributed by atoms with van der Waals surface area (Å²) in [7, 11) is 4.96. The van der Waals surface area contributed by atoms with Crippen molar-refractivity contribution >= 4 is 11.5 Å². The maximum Gasteiger partial charge on any atom is 0.239 e. The summed E-state index contributed by atoms with van der Waals surface area (Å²) in [4.78, 5) is 17.5. The number of ether oxygens (including phenoxy) is 3. The Hall–Kier alpha value is -2.21. The van der Waals surface area contributed by atoms with Crippen LogP contribution in [0.3, 0.4) is 0 Å². The lowest BCUT2D eigenvalue weighted by Crippen LogP contribution is -2.52. The summed E-state index contributed by atoms with van der Waals surface area (Å²) in [5, 5.41) is 0. The van der Waals surface area contributed by atoms with Gasteiger partial charge in [-0.25, -0.2) is 0 Å². The highest BCUT2D eigenvalue weighted by Gasteiger charge is 2.32. The summed E-state index contributed by atoms with van der Waals surface area (Å²) in [6, 6.07) is 3.66. The molecule has 6 nitrogen and oxygen atoms in total. The van der Waals surface area contributed by atoms with E-state index < -0.39 is 0 Å². The zero-order chi connectivity index (χ0) is 21.8. The SMILES string of the molecule is COc1cc(OC)c(C2=CCN([C@H](C)C(=O)N3C[C@H](C)C[C@@H](C)C3)CC2)c(OC)c1. The Balaban J connectivity index is 1.74. The van der Waals surface area contributed by atoms with Gasteiger partial charge in [-0.15, -0.1) is 0 Å². The average molecular weight is 417 g/mol. The highest BCUT2D eigenvalue weighted by molar-refractivity contribution is 5.82. The second-order valence-corrected chi connectivity index (χ2v) is 8.75. The van der Waals surface area contributed by atoms with Crippen LogP contribution in [0.2, 0.25) is 0 Å². The normalized spacial score (nSPS) is 23.5. The predicted octanol–water partition coefficient (Wildman–Crippen LogP) is 3.69. The molecule has 2 heterocycles. The monoisotopic (exact) mass is 416 g/mol. The van der Waals surface area contributed by atoms with Gasteiger partial charge in [0.05, 0.1) is 32.9 Å². The van der Waals surface area contributed by atoms with E-state index in [9.17, 15) is 4.79 Å². The number of piperidine rings is 1. The first-order valence-electron chi connectivity index (χ1n) is 10.9. The molecule has 0 saturated carbocycles. The third-order valence-corrected chi connectivity index (χ3v) is 6.36. The first kappa shape index (κ1) is 22.5. The number of methoxy groups -OCH3 is 3. The highest BCUT2D eigenvalue weighted by atomic mass is 16.5. The van der Waals surface area contributed by atoms with E-state index in [1.54, 1.807) is 21.3 Å². The van der Waals surface area contributed by atoms with Crippen LogP contribution in [-0.2, 0) is 4.79 Å². The molecule has 0 aliphatic carbocycles. The Bertz CT molecular complexity index is 756. The van der Waals surface area contributed by atoms with E-state index in [1.165, 1.54) is 12.0 Å². The van der Waals surface area contributed by atoms with Gasteiger partial charge in [0.25, 0.3) is 0 Å². The molecule has 0 N–H and O–H groups in total. The fraction of sp³-hybridized carbons (Fsp3) is 0.625. The van der Waals surface area contributed by atoms with E-state index >= 15 is 0 Å². The van der Waals surface area contributed by atoms with E-state index in [1.807, 2.05) is 19.1 Å². The molecule has 0 bridgehead atoms. The number of hydrogen-bond donors (Lipinski definition) is 0. The van der Waals surface area contributed by atoms with Gasteiger partial charge < -0.3 is 19.1 Å². The van der Waals surface area contributed by atoms with Gasteiger partial charge in [0.2, 0.25) is 5.91 Å². The number of carbonyl (C=O) groups excluding carboxylic acids is 1. The summed E-state index contributed by atoms with van der Waals surface area (Å²) in [5.41, 5.74) is 2.15. The molecule has 1 amide bonds. The van der Waals surface area contributed by atoms with Crippen LogP contribution in [-0.4, -0.2) is 69.3 Å². The van der Waals surface area contributed by atoms with Crippen molar-refractivity contribution in [2.75, 3.05) is 47.5 Å². The fourth-order valence-electron chi connectivity index (χ4n) is 4.85. The Morgan fingerprint density at radius 3 is 2.10 bits per heavy atom. The standard InChI is InChI=1S/C24H36N2O4/c1-16-11-17(2)15-26(14-16)24(27)18(3)25-9-7-19(8-10-25)23-21(29-5)12-20(28-4)13-22(23)30-6/h7,12-13,16-18H,8-11,14-15H2,1-6H3/t16-,17-,18-/m1/s1.